The number of pyridine rings is 1. The number of nitrogens with zero attached hydrogens (tertiary/aromatic N) is 2. The monoisotopic (exact) mass is 346 g/mol. The first-order chi connectivity index (χ1) is 10.1. The van der Waals surface area contributed by atoms with Crippen LogP contribution in [0.15, 0.2) is 47.1 Å². The van der Waals surface area contributed by atoms with Gasteiger partial charge in [-0.1, -0.05) is 34.1 Å². The molecule has 0 radical (unpaired) electrons. The first-order valence-corrected chi connectivity index (χ1v) is 7.74. The van der Waals surface area contributed by atoms with Gasteiger partial charge in [0.25, 0.3) is 0 Å². The van der Waals surface area contributed by atoms with Crippen LogP contribution >= 0.6 is 15.9 Å². The minimum Gasteiger partial charge on any atom is -0.340 e. The molecule has 2 aromatic rings. The van der Waals surface area contributed by atoms with E-state index in [1.807, 2.05) is 31.3 Å². The van der Waals surface area contributed by atoms with Gasteiger partial charge in [0, 0.05) is 24.1 Å². The van der Waals surface area contributed by atoms with Crippen LogP contribution in [0.4, 0.5) is 0 Å². The highest BCUT2D eigenvalue weighted by molar-refractivity contribution is 9.10. The standard InChI is InChI=1S/C17H19BrN2O/c1-13-11-14(6-8-16(13)18)7-9-17(21)20(2)12-15-5-3-4-10-19-15/h3-6,8,10-11H,7,9,12H2,1-2H3. The molecule has 0 aliphatic heterocycles. The lowest BCUT2D eigenvalue weighted by molar-refractivity contribution is -0.130. The van der Waals surface area contributed by atoms with E-state index in [0.29, 0.717) is 13.0 Å². The van der Waals surface area contributed by atoms with Crippen LogP contribution < -0.4 is 0 Å². The van der Waals surface area contributed by atoms with Crippen molar-refractivity contribution in [3.8, 4) is 0 Å². The number of carbonyl (C=O) groups excluding carboxylic acids is 1. The lowest BCUT2D eigenvalue weighted by Gasteiger charge is -2.16. The van der Waals surface area contributed by atoms with Crippen molar-refractivity contribution < 1.29 is 4.79 Å². The summed E-state index contributed by atoms with van der Waals surface area (Å²) in [5, 5.41) is 0. The van der Waals surface area contributed by atoms with Crippen LogP contribution in [0.2, 0.25) is 0 Å². The van der Waals surface area contributed by atoms with Gasteiger partial charge in [0.2, 0.25) is 5.91 Å². The Balaban J connectivity index is 1.87. The van der Waals surface area contributed by atoms with E-state index in [1.165, 1.54) is 11.1 Å². The summed E-state index contributed by atoms with van der Waals surface area (Å²) in [6.45, 7) is 2.61. The Bertz CT molecular complexity index is 613. The van der Waals surface area contributed by atoms with Gasteiger partial charge in [-0.05, 0) is 42.7 Å². The molecule has 1 aromatic carbocycles. The Kier molecular flexibility index (Phi) is 5.51. The fraction of sp³-hybridized carbons (Fsp3) is 0.294. The van der Waals surface area contributed by atoms with E-state index in [1.54, 1.807) is 11.1 Å². The van der Waals surface area contributed by atoms with Gasteiger partial charge in [0.05, 0.1) is 12.2 Å². The lowest BCUT2D eigenvalue weighted by atomic mass is 10.1. The van der Waals surface area contributed by atoms with Crippen LogP contribution in [-0.4, -0.2) is 22.8 Å². The summed E-state index contributed by atoms with van der Waals surface area (Å²) < 4.78 is 1.10. The molecule has 0 spiro atoms. The summed E-state index contributed by atoms with van der Waals surface area (Å²) in [6.07, 6.45) is 3.03. The molecule has 1 aromatic heterocycles. The Morgan fingerprint density at radius 1 is 1.29 bits per heavy atom. The van der Waals surface area contributed by atoms with E-state index in [4.69, 9.17) is 0 Å². The minimum atomic E-state index is 0.140. The largest absolute Gasteiger partial charge is 0.340 e. The maximum absolute atomic E-state index is 12.2. The molecule has 1 heterocycles. The molecular formula is C17H19BrN2O. The second kappa shape index (κ2) is 7.36. The SMILES string of the molecule is Cc1cc(CCC(=O)N(C)Cc2ccccn2)ccc1Br. The maximum Gasteiger partial charge on any atom is 0.222 e. The smallest absolute Gasteiger partial charge is 0.222 e. The number of benzene rings is 1. The van der Waals surface area contributed by atoms with Crippen molar-refractivity contribution >= 4 is 21.8 Å². The van der Waals surface area contributed by atoms with Crippen molar-refractivity contribution in [2.24, 2.45) is 0 Å². The molecule has 3 nitrogen and oxygen atoms in total. The van der Waals surface area contributed by atoms with E-state index in [9.17, 15) is 4.79 Å². The molecule has 0 saturated carbocycles. The summed E-state index contributed by atoms with van der Waals surface area (Å²) in [6, 6.07) is 12.0. The topological polar surface area (TPSA) is 33.2 Å². The van der Waals surface area contributed by atoms with Crippen LogP contribution in [0, 0.1) is 6.92 Å². The molecule has 21 heavy (non-hydrogen) atoms. The predicted octanol–water partition coefficient (Wildman–Crippen LogP) is 3.74. The zero-order valence-electron chi connectivity index (χ0n) is 12.3. The number of hydrogen-bond acceptors (Lipinski definition) is 2. The molecule has 0 saturated heterocycles. The number of halogens is 1. The van der Waals surface area contributed by atoms with Crippen molar-refractivity contribution in [2.75, 3.05) is 7.05 Å². The Labute approximate surface area is 134 Å². The molecule has 0 fully saturated rings. The highest BCUT2D eigenvalue weighted by atomic mass is 79.9. The van der Waals surface area contributed by atoms with Crippen molar-refractivity contribution in [2.45, 2.75) is 26.3 Å². The fourth-order valence-electron chi connectivity index (χ4n) is 2.13. The number of amides is 1. The normalized spacial score (nSPS) is 10.4. The van der Waals surface area contributed by atoms with Gasteiger partial charge >= 0.3 is 0 Å². The maximum atomic E-state index is 12.2. The van der Waals surface area contributed by atoms with E-state index in [0.717, 1.165) is 16.6 Å². The number of hydrogen-bond donors (Lipinski definition) is 0. The van der Waals surface area contributed by atoms with E-state index in [2.05, 4.69) is 40.0 Å². The number of aromatic nitrogens is 1. The van der Waals surface area contributed by atoms with Gasteiger partial charge in [0.15, 0.2) is 0 Å². The fourth-order valence-corrected chi connectivity index (χ4v) is 2.37. The van der Waals surface area contributed by atoms with Gasteiger partial charge in [0.1, 0.15) is 0 Å². The van der Waals surface area contributed by atoms with E-state index < -0.39 is 0 Å². The molecule has 0 aliphatic rings. The molecular weight excluding hydrogens is 328 g/mol. The third-order valence-electron chi connectivity index (χ3n) is 3.40. The summed E-state index contributed by atoms with van der Waals surface area (Å²) in [7, 11) is 1.82. The van der Waals surface area contributed by atoms with Gasteiger partial charge in [-0.25, -0.2) is 0 Å². The van der Waals surface area contributed by atoms with Crippen LogP contribution in [0.5, 0.6) is 0 Å². The van der Waals surface area contributed by atoms with Crippen LogP contribution in [0.1, 0.15) is 23.2 Å². The molecule has 2 rings (SSSR count). The van der Waals surface area contributed by atoms with Gasteiger partial charge in [-0.15, -0.1) is 0 Å². The Morgan fingerprint density at radius 3 is 2.76 bits per heavy atom. The second-order valence-corrected chi connectivity index (χ2v) is 6.01. The Hall–Kier alpha value is -1.68. The van der Waals surface area contributed by atoms with Crippen molar-refractivity contribution in [1.82, 2.24) is 9.88 Å². The van der Waals surface area contributed by atoms with Gasteiger partial charge in [-0.3, -0.25) is 9.78 Å². The first kappa shape index (κ1) is 15.7. The number of rotatable bonds is 5. The van der Waals surface area contributed by atoms with Crippen molar-refractivity contribution in [3.63, 3.8) is 0 Å². The number of aryl methyl sites for hydroxylation is 2. The van der Waals surface area contributed by atoms with Gasteiger partial charge in [-0.2, -0.15) is 0 Å². The summed E-state index contributed by atoms with van der Waals surface area (Å²) in [5.74, 6) is 0.140. The summed E-state index contributed by atoms with van der Waals surface area (Å²) >= 11 is 3.49. The van der Waals surface area contributed by atoms with Crippen molar-refractivity contribution in [3.05, 3.63) is 63.9 Å². The highest BCUT2D eigenvalue weighted by Gasteiger charge is 2.10. The molecule has 0 N–H and O–H groups in total. The quantitative estimate of drug-likeness (QED) is 0.826. The number of carbonyl (C=O) groups is 1. The first-order valence-electron chi connectivity index (χ1n) is 6.95. The highest BCUT2D eigenvalue weighted by Crippen LogP contribution is 2.18. The molecule has 0 aliphatic carbocycles. The third-order valence-corrected chi connectivity index (χ3v) is 4.29. The van der Waals surface area contributed by atoms with E-state index >= 15 is 0 Å². The van der Waals surface area contributed by atoms with Crippen LogP contribution in [0.25, 0.3) is 0 Å². The summed E-state index contributed by atoms with van der Waals surface area (Å²) in [5.41, 5.74) is 3.30. The summed E-state index contributed by atoms with van der Waals surface area (Å²) in [4.78, 5) is 18.1. The second-order valence-electron chi connectivity index (χ2n) is 5.15. The zero-order chi connectivity index (χ0) is 15.2. The molecule has 110 valence electrons. The molecule has 4 heteroatoms. The predicted molar refractivity (Wildman–Crippen MR) is 87.9 cm³/mol. The lowest BCUT2D eigenvalue weighted by Crippen LogP contribution is -2.26. The average molecular weight is 347 g/mol. The Morgan fingerprint density at radius 2 is 2.10 bits per heavy atom. The molecule has 0 bridgehead atoms. The van der Waals surface area contributed by atoms with Crippen molar-refractivity contribution in [1.29, 1.82) is 0 Å². The van der Waals surface area contributed by atoms with Crippen LogP contribution in [-0.2, 0) is 17.8 Å². The zero-order valence-corrected chi connectivity index (χ0v) is 13.9. The third kappa shape index (κ3) is 4.67. The van der Waals surface area contributed by atoms with Gasteiger partial charge < -0.3 is 4.90 Å². The molecule has 0 atom stereocenters. The minimum absolute atomic E-state index is 0.140. The average Bonchev–Trinajstić information content (AvgIpc) is 2.49. The van der Waals surface area contributed by atoms with Crippen LogP contribution in [0.3, 0.4) is 0 Å². The molecule has 0 unspecified atom stereocenters. The molecule has 1 amide bonds. The van der Waals surface area contributed by atoms with E-state index in [-0.39, 0.29) is 5.91 Å².